The summed E-state index contributed by atoms with van der Waals surface area (Å²) in [7, 11) is -4.52. The van der Waals surface area contributed by atoms with Gasteiger partial charge in [0.05, 0.1) is 4.90 Å². The highest BCUT2D eigenvalue weighted by Crippen LogP contribution is 2.11. The molecule has 13 heavy (non-hydrogen) atoms. The van der Waals surface area contributed by atoms with Gasteiger partial charge in [-0.25, -0.2) is 0 Å². The third-order valence-electron chi connectivity index (χ3n) is 1.30. The maximum absolute atomic E-state index is 12.2. The molecule has 2 nitrogen and oxygen atoms in total. The summed E-state index contributed by atoms with van der Waals surface area (Å²) in [5, 5.41) is 0. The fraction of sp³-hybridized carbons (Fsp3) is 0.333. The van der Waals surface area contributed by atoms with Crippen molar-refractivity contribution >= 4 is 10.2 Å². The molecule has 1 rings (SSSR count). The smallest absolute Gasteiger partial charge is 0.189 e. The van der Waals surface area contributed by atoms with Crippen molar-refractivity contribution in [2.24, 2.45) is 0 Å². The molecule has 0 atom stereocenters. The predicted molar refractivity (Wildman–Crippen MR) is 50.8 cm³/mol. The van der Waals surface area contributed by atoms with Crippen LogP contribution in [0.3, 0.4) is 0 Å². The molecule has 0 unspecified atom stereocenters. The summed E-state index contributed by atoms with van der Waals surface area (Å²) < 4.78 is 32.8. The lowest BCUT2D eigenvalue weighted by Gasteiger charge is -1.93. The van der Waals surface area contributed by atoms with E-state index in [9.17, 15) is 12.3 Å². The molecule has 0 aliphatic heterocycles. The zero-order valence-corrected chi connectivity index (χ0v) is 8.73. The second-order valence-electron chi connectivity index (χ2n) is 2.25. The van der Waals surface area contributed by atoms with E-state index in [1.165, 1.54) is 12.1 Å². The highest BCUT2D eigenvalue weighted by molar-refractivity contribution is 7.86. The first kappa shape index (κ1) is 12.1. The van der Waals surface area contributed by atoms with Gasteiger partial charge in [0.1, 0.15) is 0 Å². The number of benzene rings is 1. The zero-order chi connectivity index (χ0) is 10.5. The van der Waals surface area contributed by atoms with Crippen LogP contribution >= 0.6 is 0 Å². The van der Waals surface area contributed by atoms with E-state index in [1.54, 1.807) is 19.1 Å². The number of hydrogen-bond donors (Lipinski definition) is 0. The van der Waals surface area contributed by atoms with E-state index >= 15 is 0 Å². The predicted octanol–water partition coefficient (Wildman–Crippen LogP) is 2.68. The fourth-order valence-corrected chi connectivity index (χ4v) is 1.16. The Hall–Kier alpha value is -0.900. The van der Waals surface area contributed by atoms with Crippen LogP contribution in [0.1, 0.15) is 19.4 Å². The Kier molecular flexibility index (Phi) is 4.62. The van der Waals surface area contributed by atoms with Crippen LogP contribution < -0.4 is 0 Å². The standard InChI is InChI=1S/C7H7FO2S.C2H6/c1-6-2-4-7(5-3-6)11(8,9)10;1-2/h2-5H,1H3;1-2H3. The topological polar surface area (TPSA) is 34.1 Å². The van der Waals surface area contributed by atoms with E-state index in [0.29, 0.717) is 0 Å². The highest BCUT2D eigenvalue weighted by atomic mass is 32.3. The molecule has 0 radical (unpaired) electrons. The van der Waals surface area contributed by atoms with Gasteiger partial charge in [0.15, 0.2) is 0 Å². The summed E-state index contributed by atoms with van der Waals surface area (Å²) in [6, 6.07) is 5.58. The molecule has 74 valence electrons. The highest BCUT2D eigenvalue weighted by Gasteiger charge is 2.09. The summed E-state index contributed by atoms with van der Waals surface area (Å²) >= 11 is 0. The van der Waals surface area contributed by atoms with Crippen LogP contribution in [0.15, 0.2) is 29.2 Å². The molecule has 0 amide bonds. The Morgan fingerprint density at radius 3 is 1.77 bits per heavy atom. The van der Waals surface area contributed by atoms with E-state index in [0.717, 1.165) is 5.56 Å². The van der Waals surface area contributed by atoms with E-state index in [4.69, 9.17) is 0 Å². The van der Waals surface area contributed by atoms with E-state index in [2.05, 4.69) is 0 Å². The number of rotatable bonds is 1. The molecule has 0 fully saturated rings. The van der Waals surface area contributed by atoms with Gasteiger partial charge in [-0.2, -0.15) is 8.42 Å². The minimum atomic E-state index is -4.52. The first-order valence-corrected chi connectivity index (χ1v) is 5.40. The monoisotopic (exact) mass is 204 g/mol. The summed E-state index contributed by atoms with van der Waals surface area (Å²) in [5.74, 6) is 0. The van der Waals surface area contributed by atoms with Gasteiger partial charge in [0.25, 0.3) is 0 Å². The molecule has 0 aliphatic rings. The van der Waals surface area contributed by atoms with Crippen LogP contribution in [0.4, 0.5) is 3.89 Å². The van der Waals surface area contributed by atoms with Gasteiger partial charge in [-0.05, 0) is 19.1 Å². The van der Waals surface area contributed by atoms with Crippen molar-refractivity contribution < 1.29 is 12.3 Å². The molecule has 0 spiro atoms. The second-order valence-corrected chi connectivity index (χ2v) is 3.60. The first-order valence-electron chi connectivity index (χ1n) is 4.01. The minimum Gasteiger partial charge on any atom is -0.189 e. The number of aryl methyl sites for hydroxylation is 1. The molecule has 0 saturated heterocycles. The molecule has 0 aromatic heterocycles. The Morgan fingerprint density at radius 1 is 1.08 bits per heavy atom. The first-order chi connectivity index (χ1) is 6.00. The number of hydrogen-bond acceptors (Lipinski definition) is 2. The minimum absolute atomic E-state index is 0.289. The molecule has 0 N–H and O–H groups in total. The molecule has 0 aliphatic carbocycles. The van der Waals surface area contributed by atoms with E-state index < -0.39 is 10.2 Å². The third-order valence-corrected chi connectivity index (χ3v) is 2.14. The molecule has 4 heteroatoms. The second kappa shape index (κ2) is 4.97. The fourth-order valence-electron chi connectivity index (χ4n) is 0.701. The van der Waals surface area contributed by atoms with Gasteiger partial charge in [-0.1, -0.05) is 31.5 Å². The Morgan fingerprint density at radius 2 is 1.46 bits per heavy atom. The van der Waals surface area contributed by atoms with Crippen LogP contribution in [0, 0.1) is 6.92 Å². The summed E-state index contributed by atoms with van der Waals surface area (Å²) in [6.07, 6.45) is 0. The zero-order valence-electron chi connectivity index (χ0n) is 7.91. The maximum Gasteiger partial charge on any atom is 0.332 e. The van der Waals surface area contributed by atoms with Crippen molar-refractivity contribution in [1.82, 2.24) is 0 Å². The quantitative estimate of drug-likeness (QED) is 0.659. The van der Waals surface area contributed by atoms with Crippen LogP contribution in [0.2, 0.25) is 0 Å². The molecule has 1 aromatic carbocycles. The van der Waals surface area contributed by atoms with Crippen molar-refractivity contribution in [1.29, 1.82) is 0 Å². The molecule has 0 bridgehead atoms. The van der Waals surface area contributed by atoms with Gasteiger partial charge in [0, 0.05) is 0 Å². The van der Waals surface area contributed by atoms with E-state index in [1.807, 2.05) is 13.8 Å². The van der Waals surface area contributed by atoms with Crippen LogP contribution in [0.5, 0.6) is 0 Å². The third kappa shape index (κ3) is 4.03. The van der Waals surface area contributed by atoms with Crippen molar-refractivity contribution in [2.45, 2.75) is 25.7 Å². The lowest BCUT2D eigenvalue weighted by molar-refractivity contribution is 0.552. The lowest BCUT2D eigenvalue weighted by Crippen LogP contribution is -1.90. The van der Waals surface area contributed by atoms with Crippen molar-refractivity contribution in [3.05, 3.63) is 29.8 Å². The molecular weight excluding hydrogens is 191 g/mol. The van der Waals surface area contributed by atoms with Crippen molar-refractivity contribution in [3.63, 3.8) is 0 Å². The Balaban J connectivity index is 0.000000671. The largest absolute Gasteiger partial charge is 0.332 e. The Bertz CT molecular complexity index is 340. The van der Waals surface area contributed by atoms with Gasteiger partial charge < -0.3 is 0 Å². The van der Waals surface area contributed by atoms with Crippen LogP contribution in [-0.2, 0) is 10.2 Å². The molecular formula is C9H13FO2S. The SMILES string of the molecule is CC.Cc1ccc(S(=O)(=O)F)cc1. The number of halogens is 1. The van der Waals surface area contributed by atoms with Gasteiger partial charge in [-0.3, -0.25) is 0 Å². The Labute approximate surface area is 78.6 Å². The normalized spacial score (nSPS) is 10.2. The summed E-state index contributed by atoms with van der Waals surface area (Å²) in [5.41, 5.74) is 0.900. The van der Waals surface area contributed by atoms with Gasteiger partial charge in [0.2, 0.25) is 0 Å². The van der Waals surface area contributed by atoms with E-state index in [-0.39, 0.29) is 4.90 Å². The van der Waals surface area contributed by atoms with Gasteiger partial charge in [-0.15, -0.1) is 3.89 Å². The maximum atomic E-state index is 12.2. The molecule has 0 heterocycles. The van der Waals surface area contributed by atoms with Crippen LogP contribution in [-0.4, -0.2) is 8.42 Å². The lowest BCUT2D eigenvalue weighted by atomic mass is 10.2. The summed E-state index contributed by atoms with van der Waals surface area (Å²) in [6.45, 7) is 5.80. The van der Waals surface area contributed by atoms with Crippen molar-refractivity contribution in [2.75, 3.05) is 0 Å². The van der Waals surface area contributed by atoms with Gasteiger partial charge >= 0.3 is 10.2 Å². The average molecular weight is 204 g/mol. The summed E-state index contributed by atoms with van der Waals surface area (Å²) in [4.78, 5) is -0.289. The van der Waals surface area contributed by atoms with Crippen LogP contribution in [0.25, 0.3) is 0 Å². The average Bonchev–Trinajstić information content (AvgIpc) is 2.07. The molecule has 1 aromatic rings. The van der Waals surface area contributed by atoms with Crippen molar-refractivity contribution in [3.8, 4) is 0 Å². The molecule has 0 saturated carbocycles.